The van der Waals surface area contributed by atoms with Crippen molar-refractivity contribution < 1.29 is 14.6 Å². The minimum absolute atomic E-state index is 0.0142. The number of benzene rings is 1. The van der Waals surface area contributed by atoms with Crippen LogP contribution in [0.3, 0.4) is 0 Å². The summed E-state index contributed by atoms with van der Waals surface area (Å²) in [6.45, 7) is 7.30. The summed E-state index contributed by atoms with van der Waals surface area (Å²) in [6, 6.07) is 7.52. The summed E-state index contributed by atoms with van der Waals surface area (Å²) in [4.78, 5) is 11.4. The van der Waals surface area contributed by atoms with Gasteiger partial charge in [0.15, 0.2) is 0 Å². The van der Waals surface area contributed by atoms with E-state index in [4.69, 9.17) is 4.74 Å². The lowest BCUT2D eigenvalue weighted by molar-refractivity contribution is 0.0108. The van der Waals surface area contributed by atoms with Gasteiger partial charge in [-0.1, -0.05) is 24.3 Å². The third kappa shape index (κ3) is 4.04. The number of nitrogens with one attached hydrogen (secondary N) is 1. The Hall–Kier alpha value is -1.55. The van der Waals surface area contributed by atoms with Crippen molar-refractivity contribution in [1.29, 1.82) is 0 Å². The van der Waals surface area contributed by atoms with Crippen LogP contribution in [-0.2, 0) is 4.74 Å². The molecule has 0 aliphatic heterocycles. The molecule has 0 aliphatic carbocycles. The van der Waals surface area contributed by atoms with Crippen LogP contribution >= 0.6 is 0 Å². The molecular weight excluding hydrogens is 230 g/mol. The number of carbonyl (C=O) groups is 1. The number of carbonyl (C=O) groups excluding carboxylic acids is 1. The maximum Gasteiger partial charge on any atom is 0.407 e. The van der Waals surface area contributed by atoms with Crippen molar-refractivity contribution in [3.63, 3.8) is 0 Å². The van der Waals surface area contributed by atoms with Crippen molar-refractivity contribution in [3.05, 3.63) is 35.4 Å². The number of amides is 1. The molecule has 0 heterocycles. The molecular formula is C14H21NO3. The summed E-state index contributed by atoms with van der Waals surface area (Å²) in [7, 11) is 0. The van der Waals surface area contributed by atoms with Gasteiger partial charge in [-0.05, 0) is 38.8 Å². The zero-order valence-corrected chi connectivity index (χ0v) is 11.3. The van der Waals surface area contributed by atoms with Crippen LogP contribution in [0.1, 0.15) is 38.0 Å². The van der Waals surface area contributed by atoms with Crippen molar-refractivity contribution in [1.82, 2.24) is 5.32 Å². The zero-order chi connectivity index (χ0) is 13.7. The van der Waals surface area contributed by atoms with Gasteiger partial charge in [-0.25, -0.2) is 4.79 Å². The van der Waals surface area contributed by atoms with Gasteiger partial charge in [0.05, 0.1) is 0 Å². The van der Waals surface area contributed by atoms with Gasteiger partial charge >= 0.3 is 6.09 Å². The fourth-order valence-corrected chi connectivity index (χ4v) is 1.67. The molecule has 100 valence electrons. The first-order valence-electron chi connectivity index (χ1n) is 6.12. The lowest BCUT2D eigenvalue weighted by Crippen LogP contribution is -2.34. The molecule has 2 atom stereocenters. The van der Waals surface area contributed by atoms with Gasteiger partial charge in [-0.15, -0.1) is 0 Å². The number of alkyl carbamates (subject to hydrolysis) is 1. The molecule has 0 fully saturated rings. The highest BCUT2D eigenvalue weighted by Gasteiger charge is 2.21. The first kappa shape index (κ1) is 14.5. The molecule has 1 aromatic carbocycles. The minimum atomic E-state index is -0.816. The number of aliphatic hydroxyl groups excluding tert-OH is 1. The first-order chi connectivity index (χ1) is 8.41. The van der Waals surface area contributed by atoms with E-state index >= 15 is 0 Å². The summed E-state index contributed by atoms with van der Waals surface area (Å²) in [5, 5.41) is 12.8. The van der Waals surface area contributed by atoms with Crippen molar-refractivity contribution in [3.8, 4) is 0 Å². The highest BCUT2D eigenvalue weighted by molar-refractivity contribution is 5.67. The molecule has 4 heteroatoms. The van der Waals surface area contributed by atoms with E-state index in [1.807, 2.05) is 45.0 Å². The standard InChI is InChI=1S/C14H21NO3/c1-9(2)15-14(17)18-11(4)13(16)12-8-6-5-7-10(12)3/h5-9,11,13,16H,1-4H3,(H,15,17). The maximum absolute atomic E-state index is 11.4. The quantitative estimate of drug-likeness (QED) is 0.864. The van der Waals surface area contributed by atoms with Crippen molar-refractivity contribution in [2.75, 3.05) is 0 Å². The fraction of sp³-hybridized carbons (Fsp3) is 0.500. The van der Waals surface area contributed by atoms with E-state index in [-0.39, 0.29) is 6.04 Å². The Bertz CT molecular complexity index is 404. The van der Waals surface area contributed by atoms with E-state index < -0.39 is 18.3 Å². The summed E-state index contributed by atoms with van der Waals surface area (Å²) in [5.41, 5.74) is 1.76. The molecule has 4 nitrogen and oxygen atoms in total. The Morgan fingerprint density at radius 1 is 1.28 bits per heavy atom. The van der Waals surface area contributed by atoms with Gasteiger partial charge < -0.3 is 15.2 Å². The summed E-state index contributed by atoms with van der Waals surface area (Å²) in [5.74, 6) is 0. The largest absolute Gasteiger partial charge is 0.443 e. The first-order valence-corrected chi connectivity index (χ1v) is 6.12. The SMILES string of the molecule is Cc1ccccc1C(O)C(C)OC(=O)NC(C)C. The summed E-state index contributed by atoms with van der Waals surface area (Å²) in [6.07, 6.45) is -1.92. The molecule has 0 bridgehead atoms. The number of ether oxygens (including phenoxy) is 1. The van der Waals surface area contributed by atoms with Crippen molar-refractivity contribution in [2.24, 2.45) is 0 Å². The van der Waals surface area contributed by atoms with Gasteiger partial charge in [0.25, 0.3) is 0 Å². The molecule has 0 radical (unpaired) electrons. The second kappa shape index (κ2) is 6.40. The highest BCUT2D eigenvalue weighted by atomic mass is 16.6. The molecule has 0 saturated carbocycles. The smallest absolute Gasteiger partial charge is 0.407 e. The van der Waals surface area contributed by atoms with Crippen LogP contribution in [0.25, 0.3) is 0 Å². The van der Waals surface area contributed by atoms with Gasteiger partial charge in [0, 0.05) is 6.04 Å². The number of aliphatic hydroxyl groups is 1. The van der Waals surface area contributed by atoms with Gasteiger partial charge in [-0.2, -0.15) is 0 Å². The van der Waals surface area contributed by atoms with Crippen LogP contribution in [0, 0.1) is 6.92 Å². The van der Waals surface area contributed by atoms with E-state index in [1.54, 1.807) is 6.92 Å². The fourth-order valence-electron chi connectivity index (χ4n) is 1.67. The van der Waals surface area contributed by atoms with Gasteiger partial charge in [-0.3, -0.25) is 0 Å². The molecule has 1 amide bonds. The van der Waals surface area contributed by atoms with Crippen LogP contribution in [0.15, 0.2) is 24.3 Å². The lowest BCUT2D eigenvalue weighted by Gasteiger charge is -2.21. The molecule has 2 N–H and O–H groups in total. The summed E-state index contributed by atoms with van der Waals surface area (Å²) < 4.78 is 5.13. The highest BCUT2D eigenvalue weighted by Crippen LogP contribution is 2.22. The molecule has 2 unspecified atom stereocenters. The third-order valence-corrected chi connectivity index (χ3v) is 2.65. The van der Waals surface area contributed by atoms with E-state index in [0.29, 0.717) is 0 Å². The number of hydrogen-bond donors (Lipinski definition) is 2. The van der Waals surface area contributed by atoms with E-state index in [9.17, 15) is 9.90 Å². The third-order valence-electron chi connectivity index (χ3n) is 2.65. The number of hydrogen-bond acceptors (Lipinski definition) is 3. The second-order valence-corrected chi connectivity index (χ2v) is 4.71. The van der Waals surface area contributed by atoms with Crippen LogP contribution in [0.4, 0.5) is 4.79 Å². The molecule has 0 saturated heterocycles. The zero-order valence-electron chi connectivity index (χ0n) is 11.3. The van der Waals surface area contributed by atoms with Crippen LogP contribution in [0.5, 0.6) is 0 Å². The second-order valence-electron chi connectivity index (χ2n) is 4.71. The monoisotopic (exact) mass is 251 g/mol. The van der Waals surface area contributed by atoms with Gasteiger partial charge in [0.1, 0.15) is 12.2 Å². The van der Waals surface area contributed by atoms with E-state index in [1.165, 1.54) is 0 Å². The topological polar surface area (TPSA) is 58.6 Å². The van der Waals surface area contributed by atoms with Crippen molar-refractivity contribution >= 4 is 6.09 Å². The van der Waals surface area contributed by atoms with Crippen LogP contribution in [0.2, 0.25) is 0 Å². The molecule has 1 rings (SSSR count). The van der Waals surface area contributed by atoms with Crippen molar-refractivity contribution in [2.45, 2.75) is 45.9 Å². The Kier molecular flexibility index (Phi) is 5.16. The maximum atomic E-state index is 11.4. The molecule has 18 heavy (non-hydrogen) atoms. The number of aryl methyl sites for hydroxylation is 1. The molecule has 0 aliphatic rings. The Morgan fingerprint density at radius 3 is 2.44 bits per heavy atom. The number of rotatable bonds is 4. The van der Waals surface area contributed by atoms with Gasteiger partial charge in [0.2, 0.25) is 0 Å². The average Bonchev–Trinajstić information content (AvgIpc) is 2.27. The molecule has 1 aromatic rings. The van der Waals surface area contributed by atoms with Crippen LogP contribution in [-0.4, -0.2) is 23.3 Å². The van der Waals surface area contributed by atoms with E-state index in [0.717, 1.165) is 11.1 Å². The Balaban J connectivity index is 2.64. The average molecular weight is 251 g/mol. The predicted molar refractivity (Wildman–Crippen MR) is 70.4 cm³/mol. The molecule has 0 aromatic heterocycles. The minimum Gasteiger partial charge on any atom is -0.443 e. The summed E-state index contributed by atoms with van der Waals surface area (Å²) >= 11 is 0. The van der Waals surface area contributed by atoms with E-state index in [2.05, 4.69) is 5.32 Å². The predicted octanol–water partition coefficient (Wildman–Crippen LogP) is 2.55. The van der Waals surface area contributed by atoms with Crippen LogP contribution < -0.4 is 5.32 Å². The molecule has 0 spiro atoms. The lowest BCUT2D eigenvalue weighted by atomic mass is 10.0. The normalized spacial score (nSPS) is 14.1. The Labute approximate surface area is 108 Å². The Morgan fingerprint density at radius 2 is 1.89 bits per heavy atom.